The first-order valence-electron chi connectivity index (χ1n) is 23.5. The summed E-state index contributed by atoms with van der Waals surface area (Å²) < 4.78 is 16.6. The van der Waals surface area contributed by atoms with Crippen molar-refractivity contribution in [3.05, 3.63) is 122 Å². The molecule has 0 heterocycles. The lowest BCUT2D eigenvalue weighted by Gasteiger charge is -2.18. The zero-order valence-corrected chi connectivity index (χ0v) is 38.2. The van der Waals surface area contributed by atoms with Crippen molar-refractivity contribution in [3.63, 3.8) is 0 Å². The zero-order chi connectivity index (χ0) is 43.7. The van der Waals surface area contributed by atoms with Crippen molar-refractivity contribution in [2.24, 2.45) is 0 Å². The Morgan fingerprint density at radius 1 is 0.350 bits per heavy atom. The van der Waals surface area contributed by atoms with Crippen molar-refractivity contribution in [1.82, 2.24) is 0 Å². The standard InChI is InChI=1S/C54H84O6/c1-4-7-10-13-16-19-21-23-24-25-26-27-28-29-30-32-33-35-38-41-44-47-53(56)59-50-51(49-58-52(55)46-43-40-37-18-15-12-9-6-3)60-54(57)48-45-42-39-36-34-31-22-20-17-14-11-8-5-2/h7-8,10-11,16-17,19-20,23-24,26-27,29-31,33-35,39,42,51H,4-6,9,12-15,18,21-22,25,28,32,36-38,40-41,43-50H2,1-3H3/b10-7-,11-8-,19-16-,20-17-,24-23-,27-26-,30-29-,34-31-,35-33-,42-39-. The van der Waals surface area contributed by atoms with Crippen LogP contribution in [0.15, 0.2) is 122 Å². The number of carbonyl (C=O) groups excluding carboxylic acids is 3. The second-order valence-electron chi connectivity index (χ2n) is 14.9. The number of unbranched alkanes of at least 4 members (excludes halogenated alkanes) is 9. The molecule has 0 aliphatic heterocycles. The van der Waals surface area contributed by atoms with E-state index >= 15 is 0 Å². The Hall–Kier alpha value is -4.19. The van der Waals surface area contributed by atoms with Gasteiger partial charge in [-0.05, 0) is 96.3 Å². The van der Waals surface area contributed by atoms with Gasteiger partial charge in [-0.3, -0.25) is 14.4 Å². The van der Waals surface area contributed by atoms with Crippen LogP contribution in [0.1, 0.15) is 181 Å². The van der Waals surface area contributed by atoms with E-state index in [0.29, 0.717) is 19.3 Å². The van der Waals surface area contributed by atoms with Crippen LogP contribution in [0.3, 0.4) is 0 Å². The Kier molecular flexibility index (Phi) is 44.2. The molecule has 0 radical (unpaired) electrons. The Morgan fingerprint density at radius 3 is 1.08 bits per heavy atom. The highest BCUT2D eigenvalue weighted by Gasteiger charge is 2.19. The molecule has 336 valence electrons. The molecule has 0 rings (SSSR count). The largest absolute Gasteiger partial charge is 0.462 e. The average molecular weight is 829 g/mol. The van der Waals surface area contributed by atoms with E-state index in [1.165, 1.54) is 32.1 Å². The lowest BCUT2D eigenvalue weighted by atomic mass is 10.1. The predicted octanol–water partition coefficient (Wildman–Crippen LogP) is 15.4. The van der Waals surface area contributed by atoms with Gasteiger partial charge in [0.15, 0.2) is 6.10 Å². The third-order valence-electron chi connectivity index (χ3n) is 9.23. The van der Waals surface area contributed by atoms with Crippen molar-refractivity contribution in [2.75, 3.05) is 13.2 Å². The van der Waals surface area contributed by atoms with Crippen LogP contribution in [-0.4, -0.2) is 37.2 Å². The third-order valence-corrected chi connectivity index (χ3v) is 9.23. The zero-order valence-electron chi connectivity index (χ0n) is 38.2. The number of carbonyl (C=O) groups is 3. The van der Waals surface area contributed by atoms with Crippen LogP contribution in [-0.2, 0) is 28.6 Å². The maximum Gasteiger partial charge on any atom is 0.306 e. The van der Waals surface area contributed by atoms with E-state index in [1.54, 1.807) is 0 Å². The van der Waals surface area contributed by atoms with Gasteiger partial charge in [0.1, 0.15) is 13.2 Å². The highest BCUT2D eigenvalue weighted by Crippen LogP contribution is 2.11. The molecule has 0 bridgehead atoms. The van der Waals surface area contributed by atoms with E-state index in [1.807, 2.05) is 12.2 Å². The molecule has 0 aromatic rings. The van der Waals surface area contributed by atoms with Crippen molar-refractivity contribution in [2.45, 2.75) is 187 Å². The van der Waals surface area contributed by atoms with Gasteiger partial charge in [0.05, 0.1) is 0 Å². The van der Waals surface area contributed by atoms with Gasteiger partial charge in [-0.1, -0.05) is 187 Å². The third kappa shape index (κ3) is 44.9. The molecule has 0 N–H and O–H groups in total. The van der Waals surface area contributed by atoms with Gasteiger partial charge in [0.2, 0.25) is 0 Å². The quantitative estimate of drug-likeness (QED) is 0.0265. The molecule has 0 aliphatic rings. The lowest BCUT2D eigenvalue weighted by molar-refractivity contribution is -0.166. The SMILES string of the molecule is CC/C=C\C/C=C\C/C=C\C/C=C\C/C=C\C/C=C\CCCCC(=O)OCC(COC(=O)CCCCCCCCCC)OC(=O)CC/C=C\C/C=C\C/C=C\C/C=C\CC. The summed E-state index contributed by atoms with van der Waals surface area (Å²) in [6.45, 7) is 6.24. The molecule has 1 unspecified atom stereocenters. The summed E-state index contributed by atoms with van der Waals surface area (Å²) in [5, 5.41) is 0. The number of esters is 3. The molecular formula is C54H84O6. The molecule has 0 aromatic carbocycles. The first-order chi connectivity index (χ1) is 29.5. The summed E-state index contributed by atoms with van der Waals surface area (Å²) >= 11 is 0. The fourth-order valence-electron chi connectivity index (χ4n) is 5.75. The minimum absolute atomic E-state index is 0.123. The number of hydrogen-bond donors (Lipinski definition) is 0. The summed E-state index contributed by atoms with van der Waals surface area (Å²) in [6, 6.07) is 0. The summed E-state index contributed by atoms with van der Waals surface area (Å²) in [5.41, 5.74) is 0. The molecule has 0 saturated carbocycles. The number of ether oxygens (including phenoxy) is 3. The molecule has 0 fully saturated rings. The fraction of sp³-hybridized carbons (Fsp3) is 0.574. The molecule has 0 saturated heterocycles. The van der Waals surface area contributed by atoms with Crippen molar-refractivity contribution >= 4 is 17.9 Å². The Morgan fingerprint density at radius 2 is 0.683 bits per heavy atom. The van der Waals surface area contributed by atoms with Gasteiger partial charge < -0.3 is 14.2 Å². The van der Waals surface area contributed by atoms with Crippen molar-refractivity contribution < 1.29 is 28.6 Å². The van der Waals surface area contributed by atoms with E-state index in [2.05, 4.69) is 130 Å². The number of allylic oxidation sites excluding steroid dienone is 20. The van der Waals surface area contributed by atoms with Gasteiger partial charge in [-0.25, -0.2) is 0 Å². The van der Waals surface area contributed by atoms with Gasteiger partial charge in [0, 0.05) is 19.3 Å². The first kappa shape index (κ1) is 55.8. The highest BCUT2D eigenvalue weighted by molar-refractivity contribution is 5.71. The Balaban J connectivity index is 4.49. The highest BCUT2D eigenvalue weighted by atomic mass is 16.6. The molecule has 6 heteroatoms. The molecule has 0 amide bonds. The Bertz CT molecular complexity index is 1320. The van der Waals surface area contributed by atoms with Crippen LogP contribution >= 0.6 is 0 Å². The van der Waals surface area contributed by atoms with E-state index in [0.717, 1.165) is 96.3 Å². The van der Waals surface area contributed by atoms with Gasteiger partial charge >= 0.3 is 17.9 Å². The normalized spacial score (nSPS) is 13.2. The molecule has 0 aliphatic carbocycles. The second kappa shape index (κ2) is 47.5. The smallest absolute Gasteiger partial charge is 0.306 e. The molecular weight excluding hydrogens is 745 g/mol. The van der Waals surface area contributed by atoms with E-state index in [9.17, 15) is 14.4 Å². The van der Waals surface area contributed by atoms with Gasteiger partial charge in [-0.2, -0.15) is 0 Å². The fourth-order valence-corrected chi connectivity index (χ4v) is 5.75. The monoisotopic (exact) mass is 829 g/mol. The molecule has 60 heavy (non-hydrogen) atoms. The van der Waals surface area contributed by atoms with Crippen molar-refractivity contribution in [1.29, 1.82) is 0 Å². The van der Waals surface area contributed by atoms with E-state index < -0.39 is 12.1 Å². The summed E-state index contributed by atoms with van der Waals surface area (Å²) in [6.07, 6.45) is 64.9. The van der Waals surface area contributed by atoms with Crippen LogP contribution in [0.4, 0.5) is 0 Å². The van der Waals surface area contributed by atoms with Crippen LogP contribution in [0, 0.1) is 0 Å². The van der Waals surface area contributed by atoms with Gasteiger partial charge in [0.25, 0.3) is 0 Å². The number of hydrogen-bond acceptors (Lipinski definition) is 6. The molecule has 1 atom stereocenters. The maximum atomic E-state index is 12.7. The van der Waals surface area contributed by atoms with Crippen LogP contribution < -0.4 is 0 Å². The van der Waals surface area contributed by atoms with Crippen LogP contribution in [0.2, 0.25) is 0 Å². The summed E-state index contributed by atoms with van der Waals surface area (Å²) in [5.74, 6) is -1.07. The Labute approximate surface area is 367 Å². The van der Waals surface area contributed by atoms with E-state index in [4.69, 9.17) is 14.2 Å². The van der Waals surface area contributed by atoms with Gasteiger partial charge in [-0.15, -0.1) is 0 Å². The second-order valence-corrected chi connectivity index (χ2v) is 14.9. The summed E-state index contributed by atoms with van der Waals surface area (Å²) in [4.78, 5) is 37.7. The predicted molar refractivity (Wildman–Crippen MR) is 256 cm³/mol. The molecule has 6 nitrogen and oxygen atoms in total. The first-order valence-corrected chi connectivity index (χ1v) is 23.5. The average Bonchev–Trinajstić information content (AvgIpc) is 3.24. The lowest BCUT2D eigenvalue weighted by Crippen LogP contribution is -2.30. The van der Waals surface area contributed by atoms with Crippen LogP contribution in [0.5, 0.6) is 0 Å². The number of rotatable bonds is 40. The minimum atomic E-state index is -0.833. The topological polar surface area (TPSA) is 78.9 Å². The minimum Gasteiger partial charge on any atom is -0.462 e. The van der Waals surface area contributed by atoms with E-state index in [-0.39, 0.29) is 38.0 Å². The summed E-state index contributed by atoms with van der Waals surface area (Å²) in [7, 11) is 0. The van der Waals surface area contributed by atoms with Crippen LogP contribution in [0.25, 0.3) is 0 Å². The maximum absolute atomic E-state index is 12.7. The van der Waals surface area contributed by atoms with Crippen molar-refractivity contribution in [3.8, 4) is 0 Å². The molecule has 0 spiro atoms. The molecule has 0 aromatic heterocycles.